The number of aliphatic hydroxyl groups is 1. The molecule has 0 heterocycles. The minimum Gasteiger partial charge on any atom is -0.479 e. The van der Waals surface area contributed by atoms with Gasteiger partial charge in [0, 0.05) is 32.7 Å². The Labute approximate surface area is 113 Å². The normalized spacial score (nSPS) is 12.2. The number of aliphatic hydroxyl groups excluding tert-OH is 1. The molecule has 7 heteroatoms. The Hall–Kier alpha value is -1.34. The van der Waals surface area contributed by atoms with Gasteiger partial charge >= 0.3 is 12.0 Å². The van der Waals surface area contributed by atoms with Crippen LogP contribution in [0.4, 0.5) is 4.79 Å². The Morgan fingerprint density at radius 3 is 2.42 bits per heavy atom. The first-order valence-electron chi connectivity index (χ1n) is 6.43. The molecule has 19 heavy (non-hydrogen) atoms. The molecule has 7 nitrogen and oxygen atoms in total. The summed E-state index contributed by atoms with van der Waals surface area (Å²) in [4.78, 5) is 21.5. The van der Waals surface area contributed by atoms with E-state index in [4.69, 9.17) is 14.9 Å². The van der Waals surface area contributed by atoms with Crippen molar-refractivity contribution < 1.29 is 24.5 Å². The SMILES string of the molecule is CC(C)COCCCNC(=O)NCCC(O)C(=O)O. The van der Waals surface area contributed by atoms with Crippen LogP contribution in [0.1, 0.15) is 26.7 Å². The maximum Gasteiger partial charge on any atom is 0.332 e. The number of hydrogen-bond acceptors (Lipinski definition) is 4. The van der Waals surface area contributed by atoms with E-state index in [1.807, 2.05) is 0 Å². The van der Waals surface area contributed by atoms with Crippen molar-refractivity contribution in [3.63, 3.8) is 0 Å². The summed E-state index contributed by atoms with van der Waals surface area (Å²) in [5.74, 6) is -0.790. The number of carbonyl (C=O) groups is 2. The van der Waals surface area contributed by atoms with E-state index in [0.717, 1.165) is 6.42 Å². The van der Waals surface area contributed by atoms with Crippen molar-refractivity contribution in [3.8, 4) is 0 Å². The number of carbonyl (C=O) groups excluding carboxylic acids is 1. The van der Waals surface area contributed by atoms with E-state index < -0.39 is 12.1 Å². The molecule has 0 radical (unpaired) electrons. The smallest absolute Gasteiger partial charge is 0.332 e. The number of ether oxygens (including phenoxy) is 1. The van der Waals surface area contributed by atoms with Crippen LogP contribution >= 0.6 is 0 Å². The van der Waals surface area contributed by atoms with Gasteiger partial charge in [0.25, 0.3) is 0 Å². The van der Waals surface area contributed by atoms with Crippen LogP contribution in [0.2, 0.25) is 0 Å². The van der Waals surface area contributed by atoms with E-state index in [2.05, 4.69) is 24.5 Å². The second kappa shape index (κ2) is 10.6. The third-order valence-corrected chi connectivity index (χ3v) is 2.19. The first-order chi connectivity index (χ1) is 8.93. The number of aliphatic carboxylic acids is 1. The second-order valence-corrected chi connectivity index (χ2v) is 4.65. The zero-order chi connectivity index (χ0) is 14.7. The lowest BCUT2D eigenvalue weighted by atomic mass is 10.2. The van der Waals surface area contributed by atoms with Gasteiger partial charge in [-0.15, -0.1) is 0 Å². The quantitative estimate of drug-likeness (QED) is 0.426. The number of nitrogens with one attached hydrogen (secondary N) is 2. The van der Waals surface area contributed by atoms with Crippen molar-refractivity contribution in [2.24, 2.45) is 5.92 Å². The average Bonchev–Trinajstić information content (AvgIpc) is 2.32. The van der Waals surface area contributed by atoms with Crippen molar-refractivity contribution in [1.29, 1.82) is 0 Å². The van der Waals surface area contributed by atoms with Crippen molar-refractivity contribution in [1.82, 2.24) is 10.6 Å². The molecule has 4 N–H and O–H groups in total. The number of carboxylic acids is 1. The van der Waals surface area contributed by atoms with Gasteiger partial charge in [-0.05, 0) is 12.3 Å². The summed E-state index contributed by atoms with van der Waals surface area (Å²) in [6.07, 6.45) is -0.734. The lowest BCUT2D eigenvalue weighted by Crippen LogP contribution is -2.38. The third kappa shape index (κ3) is 11.5. The van der Waals surface area contributed by atoms with Crippen LogP contribution in [0.25, 0.3) is 0 Å². The van der Waals surface area contributed by atoms with Crippen LogP contribution in [0.15, 0.2) is 0 Å². The maximum atomic E-state index is 11.2. The number of carboxylic acid groups (broad SMARTS) is 1. The summed E-state index contributed by atoms with van der Waals surface area (Å²) >= 11 is 0. The molecule has 0 fully saturated rings. The van der Waals surface area contributed by atoms with Crippen LogP contribution in [-0.2, 0) is 9.53 Å². The Balaban J connectivity index is 3.38. The zero-order valence-corrected chi connectivity index (χ0v) is 11.5. The fourth-order valence-electron chi connectivity index (χ4n) is 1.20. The highest BCUT2D eigenvalue weighted by Crippen LogP contribution is 1.93. The monoisotopic (exact) mass is 276 g/mol. The average molecular weight is 276 g/mol. The molecule has 0 aromatic heterocycles. The second-order valence-electron chi connectivity index (χ2n) is 4.65. The van der Waals surface area contributed by atoms with Crippen molar-refractivity contribution >= 4 is 12.0 Å². The largest absolute Gasteiger partial charge is 0.479 e. The molecule has 0 bridgehead atoms. The van der Waals surface area contributed by atoms with Crippen LogP contribution < -0.4 is 10.6 Å². The summed E-state index contributed by atoms with van der Waals surface area (Å²) in [6, 6.07) is -0.374. The topological polar surface area (TPSA) is 108 Å². The van der Waals surface area contributed by atoms with E-state index in [1.54, 1.807) is 0 Å². The molecule has 112 valence electrons. The van der Waals surface area contributed by atoms with Crippen molar-refractivity contribution in [3.05, 3.63) is 0 Å². The van der Waals surface area contributed by atoms with E-state index in [-0.39, 0.29) is 19.0 Å². The summed E-state index contributed by atoms with van der Waals surface area (Å²) in [5.41, 5.74) is 0. The van der Waals surface area contributed by atoms with E-state index >= 15 is 0 Å². The summed E-state index contributed by atoms with van der Waals surface area (Å²) < 4.78 is 5.35. The molecule has 0 aliphatic rings. The van der Waals surface area contributed by atoms with Gasteiger partial charge in [-0.25, -0.2) is 9.59 Å². The molecule has 1 unspecified atom stereocenters. The van der Waals surface area contributed by atoms with E-state index in [1.165, 1.54) is 0 Å². The van der Waals surface area contributed by atoms with E-state index in [9.17, 15) is 9.59 Å². The molecule has 1 atom stereocenters. The highest BCUT2D eigenvalue weighted by Gasteiger charge is 2.12. The predicted octanol–water partition coefficient (Wildman–Crippen LogP) is 0.184. The molecular weight excluding hydrogens is 252 g/mol. The summed E-state index contributed by atoms with van der Waals surface area (Å²) in [5, 5.41) is 22.5. The fraction of sp³-hybridized carbons (Fsp3) is 0.833. The van der Waals surface area contributed by atoms with Gasteiger partial charge in [0.1, 0.15) is 0 Å². The fourth-order valence-corrected chi connectivity index (χ4v) is 1.20. The van der Waals surface area contributed by atoms with Crippen molar-refractivity contribution in [2.45, 2.75) is 32.8 Å². The zero-order valence-electron chi connectivity index (χ0n) is 11.5. The molecule has 0 aromatic rings. The highest BCUT2D eigenvalue weighted by atomic mass is 16.5. The highest BCUT2D eigenvalue weighted by molar-refractivity contribution is 5.74. The summed E-state index contributed by atoms with van der Waals surface area (Å²) in [7, 11) is 0. The first kappa shape index (κ1) is 17.7. The maximum absolute atomic E-state index is 11.2. The molecule has 0 aliphatic carbocycles. The first-order valence-corrected chi connectivity index (χ1v) is 6.43. The van der Waals surface area contributed by atoms with Crippen LogP contribution in [-0.4, -0.2) is 54.6 Å². The van der Waals surface area contributed by atoms with Crippen LogP contribution in [0.5, 0.6) is 0 Å². The van der Waals surface area contributed by atoms with Gasteiger partial charge < -0.3 is 25.6 Å². The number of urea groups is 1. The molecular formula is C12H24N2O5. The van der Waals surface area contributed by atoms with Gasteiger partial charge in [-0.2, -0.15) is 0 Å². The Kier molecular flexibility index (Phi) is 9.82. The van der Waals surface area contributed by atoms with Gasteiger partial charge in [-0.1, -0.05) is 13.8 Å². The van der Waals surface area contributed by atoms with Crippen molar-refractivity contribution in [2.75, 3.05) is 26.3 Å². The Morgan fingerprint density at radius 1 is 1.21 bits per heavy atom. The minimum absolute atomic E-state index is 0.0136. The van der Waals surface area contributed by atoms with Gasteiger partial charge in [-0.3, -0.25) is 0 Å². The lowest BCUT2D eigenvalue weighted by Gasteiger charge is -2.09. The Morgan fingerprint density at radius 2 is 1.84 bits per heavy atom. The van der Waals surface area contributed by atoms with Crippen LogP contribution in [0.3, 0.4) is 0 Å². The number of hydrogen-bond donors (Lipinski definition) is 4. The molecule has 2 amide bonds. The molecule has 0 rings (SSSR count). The van der Waals surface area contributed by atoms with Crippen LogP contribution in [0, 0.1) is 5.92 Å². The van der Waals surface area contributed by atoms with Gasteiger partial charge in [0.2, 0.25) is 0 Å². The Bertz CT molecular complexity index is 271. The standard InChI is InChI=1S/C12H24N2O5/c1-9(2)8-19-7-3-5-13-12(18)14-6-4-10(15)11(16)17/h9-10,15H,3-8H2,1-2H3,(H,16,17)(H2,13,14,18). The van der Waals surface area contributed by atoms with Gasteiger partial charge in [0.15, 0.2) is 6.10 Å². The minimum atomic E-state index is -1.44. The number of amides is 2. The summed E-state index contributed by atoms with van der Waals surface area (Å²) in [6.45, 7) is 6.04. The molecule has 0 aromatic carbocycles. The van der Waals surface area contributed by atoms with E-state index in [0.29, 0.717) is 25.7 Å². The van der Waals surface area contributed by atoms with Gasteiger partial charge in [0.05, 0.1) is 0 Å². The molecule has 0 aliphatic heterocycles. The lowest BCUT2D eigenvalue weighted by molar-refractivity contribution is -0.146. The molecule has 0 saturated heterocycles. The third-order valence-electron chi connectivity index (χ3n) is 2.19. The number of rotatable bonds is 10. The molecule has 0 spiro atoms. The molecule has 0 saturated carbocycles. The predicted molar refractivity (Wildman–Crippen MR) is 69.9 cm³/mol.